The zero-order valence-corrected chi connectivity index (χ0v) is 21.3. The molecule has 0 radical (unpaired) electrons. The number of aromatic nitrogens is 5. The molecule has 3 aromatic rings. The van der Waals surface area contributed by atoms with Crippen LogP contribution in [0.5, 0.6) is 0 Å². The minimum atomic E-state index is -0.705. The minimum absolute atomic E-state index is 0.0552. The van der Waals surface area contributed by atoms with E-state index in [1.165, 1.54) is 4.57 Å². The maximum absolute atomic E-state index is 12.8. The maximum atomic E-state index is 12.8. The van der Waals surface area contributed by atoms with Gasteiger partial charge >= 0.3 is 11.4 Å². The van der Waals surface area contributed by atoms with Crippen molar-refractivity contribution in [2.75, 3.05) is 5.73 Å². The molecule has 0 saturated heterocycles. The standard InChI is InChI=1S/C17H17ClN4O2.C7H8N4O3/c1-2-7-21-15-12(16(23)22(17(21)24)11-4-5-11)8-13(20-15)10-3-6-14(18)19-9-10;8-5-4(10-14)6(12)11(3-1-2-3)7(13)9-5/h3,6,9,11H,2,4-5,7-8H2,1H3;3H,1-2,8H2,(H,9,13). The molecule has 2 saturated carbocycles. The molecule has 14 heteroatoms. The van der Waals surface area contributed by atoms with Crippen LogP contribution in [0, 0.1) is 4.91 Å². The van der Waals surface area contributed by atoms with E-state index >= 15 is 0 Å². The highest BCUT2D eigenvalue weighted by atomic mass is 35.5. The average molecular weight is 541 g/mol. The molecule has 4 heterocycles. The largest absolute Gasteiger partial charge is 0.383 e. The van der Waals surface area contributed by atoms with Gasteiger partial charge in [0.1, 0.15) is 16.8 Å². The molecule has 0 spiro atoms. The number of fused-ring (bicyclic) bond motifs is 1. The molecule has 3 aliphatic rings. The molecule has 6 rings (SSSR count). The second-order valence-corrected chi connectivity index (χ2v) is 9.82. The number of aromatic amines is 1. The van der Waals surface area contributed by atoms with E-state index in [1.807, 2.05) is 13.0 Å². The molecule has 1 aliphatic heterocycles. The minimum Gasteiger partial charge on any atom is -0.383 e. The summed E-state index contributed by atoms with van der Waals surface area (Å²) < 4.78 is 4.06. The quantitative estimate of drug-likeness (QED) is 0.355. The van der Waals surface area contributed by atoms with E-state index in [0.29, 0.717) is 29.5 Å². The lowest BCUT2D eigenvalue weighted by Gasteiger charge is -2.12. The third kappa shape index (κ3) is 4.64. The number of nitrogen functional groups attached to an aromatic ring is 1. The van der Waals surface area contributed by atoms with Crippen LogP contribution in [0.1, 0.15) is 62.2 Å². The van der Waals surface area contributed by atoms with Crippen LogP contribution >= 0.6 is 11.6 Å². The van der Waals surface area contributed by atoms with Gasteiger partial charge in [-0.05, 0) is 49.4 Å². The number of hydrogen-bond donors (Lipinski definition) is 2. The van der Waals surface area contributed by atoms with Crippen molar-refractivity contribution in [1.82, 2.24) is 23.7 Å². The first kappa shape index (κ1) is 25.5. The van der Waals surface area contributed by atoms with Crippen LogP contribution in [0.4, 0.5) is 17.3 Å². The smallest absolute Gasteiger partial charge is 0.332 e. The highest BCUT2D eigenvalue weighted by Gasteiger charge is 2.33. The Balaban J connectivity index is 0.000000179. The SMILES string of the molecule is CCCn1c2c(c(=O)n(C3CC3)c1=O)CC(c1ccc(Cl)nc1)=N2.Nc1[nH]c(=O)n(C2CC2)c(=O)c1N=O. The molecular weight excluding hydrogens is 516 g/mol. The molecule has 0 amide bonds. The number of H-pyrrole nitrogens is 1. The fourth-order valence-corrected chi connectivity index (χ4v) is 4.54. The first-order valence-electron chi connectivity index (χ1n) is 12.3. The van der Waals surface area contributed by atoms with Gasteiger partial charge in [-0.2, -0.15) is 0 Å². The highest BCUT2D eigenvalue weighted by molar-refractivity contribution is 6.29. The molecule has 0 unspecified atom stereocenters. The zero-order valence-electron chi connectivity index (χ0n) is 20.5. The van der Waals surface area contributed by atoms with Crippen LogP contribution in [-0.4, -0.2) is 29.4 Å². The summed E-state index contributed by atoms with van der Waals surface area (Å²) >= 11 is 5.83. The van der Waals surface area contributed by atoms with E-state index in [1.54, 1.807) is 16.8 Å². The van der Waals surface area contributed by atoms with E-state index < -0.39 is 16.9 Å². The number of hydrogen-bond acceptors (Lipinski definition) is 9. The van der Waals surface area contributed by atoms with Crippen LogP contribution in [0.2, 0.25) is 5.15 Å². The third-order valence-electron chi connectivity index (χ3n) is 6.58. The molecule has 13 nitrogen and oxygen atoms in total. The van der Waals surface area contributed by atoms with Gasteiger partial charge in [0.2, 0.25) is 5.69 Å². The second-order valence-electron chi connectivity index (χ2n) is 9.44. The number of nitrogens with one attached hydrogen (secondary N) is 1. The molecule has 0 atom stereocenters. The summed E-state index contributed by atoms with van der Waals surface area (Å²) in [6.45, 7) is 2.57. The van der Waals surface area contributed by atoms with Gasteiger partial charge in [-0.1, -0.05) is 18.5 Å². The van der Waals surface area contributed by atoms with Crippen molar-refractivity contribution in [3.05, 3.63) is 81.2 Å². The first-order valence-corrected chi connectivity index (χ1v) is 12.7. The van der Waals surface area contributed by atoms with E-state index in [9.17, 15) is 24.1 Å². The number of halogens is 1. The van der Waals surface area contributed by atoms with Crippen molar-refractivity contribution < 1.29 is 0 Å². The molecule has 0 bridgehead atoms. The van der Waals surface area contributed by atoms with Crippen molar-refractivity contribution in [1.29, 1.82) is 0 Å². The van der Waals surface area contributed by atoms with Crippen molar-refractivity contribution in [3.63, 3.8) is 0 Å². The van der Waals surface area contributed by atoms with E-state index in [-0.39, 0.29) is 29.2 Å². The van der Waals surface area contributed by atoms with Crippen molar-refractivity contribution in [3.8, 4) is 0 Å². The molecule has 2 aliphatic carbocycles. The fraction of sp³-hybridized carbons (Fsp3) is 0.417. The topological polar surface area (TPSA) is 180 Å². The number of nitrogens with two attached hydrogens (primary N) is 1. The van der Waals surface area contributed by atoms with Crippen molar-refractivity contribution in [2.45, 2.75) is 64.1 Å². The Bertz CT molecular complexity index is 1690. The lowest BCUT2D eigenvalue weighted by Crippen LogP contribution is -2.40. The summed E-state index contributed by atoms with van der Waals surface area (Å²) in [5, 5.41) is 2.91. The molecule has 38 heavy (non-hydrogen) atoms. The number of nitrogens with zero attached hydrogens (tertiary/aromatic N) is 6. The molecule has 198 valence electrons. The number of nitroso groups, excluding NO2 is 1. The lowest BCUT2D eigenvalue weighted by molar-refractivity contribution is 0.554. The molecule has 3 N–H and O–H groups in total. The Morgan fingerprint density at radius 1 is 1.08 bits per heavy atom. The van der Waals surface area contributed by atoms with Crippen molar-refractivity contribution >= 4 is 34.6 Å². The number of aliphatic imine (C=N–C) groups is 1. The Morgan fingerprint density at radius 3 is 2.34 bits per heavy atom. The normalized spacial score (nSPS) is 15.9. The van der Waals surface area contributed by atoms with Gasteiger partial charge in [0.15, 0.2) is 0 Å². The van der Waals surface area contributed by atoms with Gasteiger partial charge in [-0.25, -0.2) is 19.6 Å². The highest BCUT2D eigenvalue weighted by Crippen LogP contribution is 2.34. The van der Waals surface area contributed by atoms with Gasteiger partial charge in [0, 0.05) is 36.8 Å². The van der Waals surface area contributed by atoms with Crippen LogP contribution in [-0.2, 0) is 13.0 Å². The Morgan fingerprint density at radius 2 is 1.76 bits per heavy atom. The van der Waals surface area contributed by atoms with Gasteiger partial charge in [-0.15, -0.1) is 4.91 Å². The summed E-state index contributed by atoms with van der Waals surface area (Å²) in [4.78, 5) is 69.5. The summed E-state index contributed by atoms with van der Waals surface area (Å²) in [6.07, 6.45) is 6.21. The van der Waals surface area contributed by atoms with Gasteiger partial charge in [0.05, 0.1) is 11.3 Å². The number of pyridine rings is 1. The Hall–Kier alpha value is -4.13. The van der Waals surface area contributed by atoms with E-state index in [0.717, 1.165) is 47.9 Å². The Labute approximate surface area is 219 Å². The summed E-state index contributed by atoms with van der Waals surface area (Å²) in [5.74, 6) is 0.237. The lowest BCUT2D eigenvalue weighted by atomic mass is 10.1. The first-order chi connectivity index (χ1) is 18.2. The summed E-state index contributed by atoms with van der Waals surface area (Å²) in [5.41, 5.74) is 5.32. The monoisotopic (exact) mass is 540 g/mol. The Kier molecular flexibility index (Phi) is 6.69. The molecular formula is C24H25ClN8O5. The van der Waals surface area contributed by atoms with E-state index in [4.69, 9.17) is 17.3 Å². The van der Waals surface area contributed by atoms with E-state index in [2.05, 4.69) is 20.1 Å². The molecule has 2 fully saturated rings. The van der Waals surface area contributed by atoms with Crippen LogP contribution in [0.25, 0.3) is 0 Å². The molecule has 3 aromatic heterocycles. The maximum Gasteiger partial charge on any atom is 0.332 e. The summed E-state index contributed by atoms with van der Waals surface area (Å²) in [6, 6.07) is 3.48. The van der Waals surface area contributed by atoms with Gasteiger partial charge in [-0.3, -0.25) is 28.3 Å². The predicted molar refractivity (Wildman–Crippen MR) is 142 cm³/mol. The molecule has 0 aromatic carbocycles. The average Bonchev–Trinajstić information content (AvgIpc) is 3.82. The predicted octanol–water partition coefficient (Wildman–Crippen LogP) is 2.33. The van der Waals surface area contributed by atoms with Crippen LogP contribution in [0.15, 0.2) is 47.7 Å². The van der Waals surface area contributed by atoms with Gasteiger partial charge in [0.25, 0.3) is 11.1 Å². The number of anilines is 1. The summed E-state index contributed by atoms with van der Waals surface area (Å²) in [7, 11) is 0. The van der Waals surface area contributed by atoms with Gasteiger partial charge < -0.3 is 5.73 Å². The number of rotatable bonds is 6. The fourth-order valence-electron chi connectivity index (χ4n) is 4.43. The second kappa shape index (κ2) is 9.97. The van der Waals surface area contributed by atoms with Crippen LogP contribution in [0.3, 0.4) is 0 Å². The van der Waals surface area contributed by atoms with Crippen LogP contribution < -0.4 is 28.2 Å². The third-order valence-corrected chi connectivity index (χ3v) is 6.81. The zero-order chi connectivity index (χ0) is 27.1. The van der Waals surface area contributed by atoms with Crippen molar-refractivity contribution in [2.24, 2.45) is 10.2 Å².